The van der Waals surface area contributed by atoms with E-state index in [2.05, 4.69) is 44.7 Å². The quantitative estimate of drug-likeness (QED) is 0.516. The van der Waals surface area contributed by atoms with Crippen LogP contribution in [0.4, 0.5) is 0 Å². The third-order valence-corrected chi connectivity index (χ3v) is 8.09. The summed E-state index contributed by atoms with van der Waals surface area (Å²) in [5.41, 5.74) is 10.4. The molecule has 0 unspecified atom stereocenters. The number of Topliss-reactive ketones (excluding diaryl/α,β-unsaturated/α-hetero) is 2. The molecule has 0 radical (unpaired) electrons. The molecule has 1 aliphatic heterocycles. The molecule has 204 valence electrons. The molecule has 0 saturated carbocycles. The molecule has 1 heterocycles. The lowest BCUT2D eigenvalue weighted by Gasteiger charge is -2.49. The molecule has 0 bridgehead atoms. The van der Waals surface area contributed by atoms with Gasteiger partial charge < -0.3 is 15.4 Å². The van der Waals surface area contributed by atoms with E-state index in [1.807, 2.05) is 36.4 Å². The Morgan fingerprint density at radius 2 is 1.38 bits per heavy atom. The van der Waals surface area contributed by atoms with Gasteiger partial charge >= 0.3 is 0 Å². The summed E-state index contributed by atoms with van der Waals surface area (Å²) in [6.07, 6.45) is 3.13. The first-order valence-electron chi connectivity index (χ1n) is 13.8. The number of hydrogen-bond donors (Lipinski definition) is 1. The van der Waals surface area contributed by atoms with Gasteiger partial charge in [-0.1, -0.05) is 76.2 Å². The van der Waals surface area contributed by atoms with Crippen LogP contribution in [0, 0.1) is 10.8 Å². The number of carbonyl (C=O) groups excluding carboxylic acids is 3. The number of allylic oxidation sites excluding steroid dienone is 4. The van der Waals surface area contributed by atoms with Crippen LogP contribution < -0.4 is 10.5 Å². The number of primary amides is 1. The maximum atomic E-state index is 14.0. The number of ketones is 2. The van der Waals surface area contributed by atoms with Gasteiger partial charge in [0, 0.05) is 53.4 Å². The minimum absolute atomic E-state index is 0.0739. The molecule has 0 saturated heterocycles. The Balaban J connectivity index is 1.70. The molecular weight excluding hydrogens is 488 g/mol. The van der Waals surface area contributed by atoms with Gasteiger partial charge in [0.1, 0.15) is 5.75 Å². The number of rotatable bonds is 7. The molecule has 5 rings (SSSR count). The number of nitrogens with two attached hydrogens (primary N) is 1. The highest BCUT2D eigenvalue weighted by molar-refractivity contribution is 6.07. The van der Waals surface area contributed by atoms with Crippen molar-refractivity contribution >= 4 is 17.5 Å². The molecule has 39 heavy (non-hydrogen) atoms. The number of carbonyl (C=O) groups is 3. The van der Waals surface area contributed by atoms with Crippen LogP contribution in [0.25, 0.3) is 0 Å². The standard InChI is InChI=1S/C33H38N2O4/c1-32(2)16-23-30(25(36)18-32)29(22-12-8-9-13-27(22)39-20-28(34)38)31-24(17-33(3,4)19-26(31)37)35(23)15-14-21-10-6-5-7-11-21/h5-13,29H,14-20H2,1-4H3,(H2,34,38). The summed E-state index contributed by atoms with van der Waals surface area (Å²) in [5.74, 6) is -0.478. The minimum atomic E-state index is -0.577. The zero-order valence-electron chi connectivity index (χ0n) is 23.4. The molecule has 0 fully saturated rings. The van der Waals surface area contributed by atoms with Crippen molar-refractivity contribution < 1.29 is 19.1 Å². The third-order valence-electron chi connectivity index (χ3n) is 8.09. The fourth-order valence-electron chi connectivity index (χ4n) is 6.51. The SMILES string of the molecule is CC1(C)CC(=O)C2=C(C1)N(CCc1ccccc1)C1=C(C(=O)CC(C)(C)C1)C2c1ccccc1OCC(N)=O. The Kier molecular flexibility index (Phi) is 7.00. The molecule has 2 N–H and O–H groups in total. The lowest BCUT2D eigenvalue weighted by atomic mass is 9.63. The van der Waals surface area contributed by atoms with Crippen molar-refractivity contribution in [1.29, 1.82) is 0 Å². The second-order valence-electron chi connectivity index (χ2n) is 12.7. The fraction of sp³-hybridized carbons (Fsp3) is 0.424. The normalized spacial score (nSPS) is 20.6. The monoisotopic (exact) mass is 526 g/mol. The molecule has 1 amide bonds. The second kappa shape index (κ2) is 10.1. The zero-order valence-corrected chi connectivity index (χ0v) is 23.4. The summed E-state index contributed by atoms with van der Waals surface area (Å²) in [7, 11) is 0. The highest BCUT2D eigenvalue weighted by Gasteiger charge is 2.49. The average molecular weight is 527 g/mol. The van der Waals surface area contributed by atoms with Gasteiger partial charge in [-0.3, -0.25) is 14.4 Å². The van der Waals surface area contributed by atoms with Crippen LogP contribution in [0.15, 0.2) is 77.1 Å². The Hall–Kier alpha value is -3.67. The fourth-order valence-corrected chi connectivity index (χ4v) is 6.51. The van der Waals surface area contributed by atoms with E-state index in [1.165, 1.54) is 5.56 Å². The predicted octanol–water partition coefficient (Wildman–Crippen LogP) is 5.48. The molecule has 0 aromatic heterocycles. The van der Waals surface area contributed by atoms with Crippen molar-refractivity contribution in [2.75, 3.05) is 13.2 Å². The summed E-state index contributed by atoms with van der Waals surface area (Å²) < 4.78 is 5.84. The van der Waals surface area contributed by atoms with Gasteiger partial charge in [-0.05, 0) is 41.7 Å². The topological polar surface area (TPSA) is 89.7 Å². The highest BCUT2D eigenvalue weighted by atomic mass is 16.5. The molecule has 6 heteroatoms. The molecule has 3 aliphatic rings. The molecule has 0 spiro atoms. The summed E-state index contributed by atoms with van der Waals surface area (Å²) in [5, 5.41) is 0. The van der Waals surface area contributed by atoms with Crippen molar-refractivity contribution in [3.63, 3.8) is 0 Å². The largest absolute Gasteiger partial charge is 0.483 e. The van der Waals surface area contributed by atoms with Gasteiger partial charge in [0.15, 0.2) is 18.2 Å². The molecular formula is C33H38N2O4. The van der Waals surface area contributed by atoms with Gasteiger partial charge in [-0.15, -0.1) is 0 Å². The number of para-hydroxylation sites is 1. The predicted molar refractivity (Wildman–Crippen MR) is 151 cm³/mol. The van der Waals surface area contributed by atoms with E-state index in [1.54, 1.807) is 6.07 Å². The summed E-state index contributed by atoms with van der Waals surface area (Å²) in [6.45, 7) is 8.99. The third kappa shape index (κ3) is 5.42. The van der Waals surface area contributed by atoms with Gasteiger partial charge in [0.05, 0.1) is 0 Å². The minimum Gasteiger partial charge on any atom is -0.483 e. The van der Waals surface area contributed by atoms with Crippen LogP contribution in [0.1, 0.15) is 70.4 Å². The lowest BCUT2D eigenvalue weighted by molar-refractivity contribution is -0.121. The van der Waals surface area contributed by atoms with Gasteiger partial charge in [-0.2, -0.15) is 0 Å². The number of hydrogen-bond acceptors (Lipinski definition) is 5. The first-order chi connectivity index (χ1) is 18.5. The van der Waals surface area contributed by atoms with Gasteiger partial charge in [0.25, 0.3) is 5.91 Å². The van der Waals surface area contributed by atoms with Crippen molar-refractivity contribution in [3.8, 4) is 5.75 Å². The van der Waals surface area contributed by atoms with Gasteiger partial charge in [0.2, 0.25) is 0 Å². The molecule has 2 aromatic carbocycles. The zero-order chi connectivity index (χ0) is 27.9. The van der Waals surface area contributed by atoms with E-state index in [9.17, 15) is 14.4 Å². The van der Waals surface area contributed by atoms with Crippen LogP contribution >= 0.6 is 0 Å². The van der Waals surface area contributed by atoms with E-state index in [4.69, 9.17) is 10.5 Å². The lowest BCUT2D eigenvalue weighted by Crippen LogP contribution is -2.45. The van der Waals surface area contributed by atoms with Crippen molar-refractivity contribution in [1.82, 2.24) is 4.90 Å². The Morgan fingerprint density at radius 1 is 0.846 bits per heavy atom. The summed E-state index contributed by atoms with van der Waals surface area (Å²) in [6, 6.07) is 17.8. The highest BCUT2D eigenvalue weighted by Crippen LogP contribution is 2.55. The van der Waals surface area contributed by atoms with Crippen LogP contribution in [0.5, 0.6) is 5.75 Å². The molecule has 2 aliphatic carbocycles. The maximum absolute atomic E-state index is 14.0. The van der Waals surface area contributed by atoms with Crippen LogP contribution in [-0.2, 0) is 20.8 Å². The van der Waals surface area contributed by atoms with E-state index >= 15 is 0 Å². The number of ether oxygens (including phenoxy) is 1. The number of benzene rings is 2. The van der Waals surface area contributed by atoms with Crippen LogP contribution in [0.3, 0.4) is 0 Å². The van der Waals surface area contributed by atoms with E-state index in [-0.39, 0.29) is 29.0 Å². The molecule has 2 aromatic rings. The molecule has 6 nitrogen and oxygen atoms in total. The number of amides is 1. The van der Waals surface area contributed by atoms with Crippen LogP contribution in [-0.4, -0.2) is 35.5 Å². The molecule has 0 atom stereocenters. The Bertz CT molecular complexity index is 1330. The van der Waals surface area contributed by atoms with Crippen LogP contribution in [0.2, 0.25) is 0 Å². The second-order valence-corrected chi connectivity index (χ2v) is 12.7. The first kappa shape index (κ1) is 26.9. The Morgan fingerprint density at radius 3 is 1.95 bits per heavy atom. The summed E-state index contributed by atoms with van der Waals surface area (Å²) in [4.78, 5) is 41.9. The average Bonchev–Trinajstić information content (AvgIpc) is 2.85. The van der Waals surface area contributed by atoms with Crippen molar-refractivity contribution in [2.24, 2.45) is 16.6 Å². The maximum Gasteiger partial charge on any atom is 0.255 e. The Labute approximate surface area is 230 Å². The van der Waals surface area contributed by atoms with Crippen molar-refractivity contribution in [2.45, 2.75) is 65.7 Å². The summed E-state index contributed by atoms with van der Waals surface area (Å²) >= 11 is 0. The van der Waals surface area contributed by atoms with E-state index < -0.39 is 11.8 Å². The van der Waals surface area contributed by atoms with E-state index in [0.29, 0.717) is 36.3 Å². The van der Waals surface area contributed by atoms with E-state index in [0.717, 1.165) is 36.2 Å². The van der Waals surface area contributed by atoms with Crippen molar-refractivity contribution in [3.05, 3.63) is 88.3 Å². The number of nitrogens with zero attached hydrogens (tertiary/aromatic N) is 1. The van der Waals surface area contributed by atoms with Gasteiger partial charge in [-0.25, -0.2) is 0 Å². The first-order valence-corrected chi connectivity index (χ1v) is 13.8. The smallest absolute Gasteiger partial charge is 0.255 e.